The summed E-state index contributed by atoms with van der Waals surface area (Å²) in [7, 11) is 0. The summed E-state index contributed by atoms with van der Waals surface area (Å²) >= 11 is 17.2. The molecule has 1 rings (SSSR count). The van der Waals surface area contributed by atoms with Crippen molar-refractivity contribution in [3.8, 4) is 0 Å². The summed E-state index contributed by atoms with van der Waals surface area (Å²) in [5.41, 5.74) is 7.06. The van der Waals surface area contributed by atoms with Crippen LogP contribution in [0.2, 0.25) is 0 Å². The highest BCUT2D eigenvalue weighted by molar-refractivity contribution is 6.19. The van der Waals surface area contributed by atoms with Crippen LogP contribution >= 0.6 is 47.2 Å². The van der Waals surface area contributed by atoms with Gasteiger partial charge in [0, 0.05) is 48.6 Å². The number of rotatable bonds is 8. The highest BCUT2D eigenvalue weighted by Crippen LogP contribution is 2.21. The second-order valence-electron chi connectivity index (χ2n) is 4.06. The van der Waals surface area contributed by atoms with E-state index in [1.165, 1.54) is 4.90 Å². The van der Waals surface area contributed by atoms with Gasteiger partial charge in [0.05, 0.1) is 0 Å². The first-order valence-electron chi connectivity index (χ1n) is 6.24. The van der Waals surface area contributed by atoms with Crippen LogP contribution in [0, 0.1) is 0 Å². The van der Waals surface area contributed by atoms with E-state index >= 15 is 0 Å². The van der Waals surface area contributed by atoms with E-state index in [-0.39, 0.29) is 12.4 Å². The van der Waals surface area contributed by atoms with Crippen LogP contribution in [0.5, 0.6) is 0 Å². The van der Waals surface area contributed by atoms with E-state index in [0.717, 1.165) is 24.5 Å². The first kappa shape index (κ1) is 20.5. The fourth-order valence-electron chi connectivity index (χ4n) is 1.87. The Morgan fingerprint density at radius 1 is 0.905 bits per heavy atom. The van der Waals surface area contributed by atoms with Crippen molar-refractivity contribution in [1.29, 1.82) is 0 Å². The van der Waals surface area contributed by atoms with Crippen LogP contribution in [0.1, 0.15) is 0 Å². The quantitative estimate of drug-likeness (QED) is 0.707. The Labute approximate surface area is 146 Å². The number of hydrogen-bond donors (Lipinski definition) is 1. The van der Waals surface area contributed by atoms with Crippen molar-refractivity contribution < 1.29 is 4.79 Å². The Bertz CT molecular complexity index is 410. The van der Waals surface area contributed by atoms with E-state index in [9.17, 15) is 4.79 Å². The molecule has 0 bridgehead atoms. The van der Waals surface area contributed by atoms with Crippen molar-refractivity contribution in [2.75, 3.05) is 47.1 Å². The van der Waals surface area contributed by atoms with Gasteiger partial charge in [0.25, 0.3) is 0 Å². The summed E-state index contributed by atoms with van der Waals surface area (Å²) in [5, 5.41) is 0. The van der Waals surface area contributed by atoms with Crippen LogP contribution in [0.25, 0.3) is 0 Å². The topological polar surface area (TPSA) is 49.6 Å². The predicted molar refractivity (Wildman–Crippen MR) is 95.0 cm³/mol. The van der Waals surface area contributed by atoms with Gasteiger partial charge in [-0.25, -0.2) is 4.79 Å². The maximum absolute atomic E-state index is 11.4. The van der Waals surface area contributed by atoms with Crippen molar-refractivity contribution in [1.82, 2.24) is 0 Å². The molecule has 0 fully saturated rings. The molecule has 120 valence electrons. The summed E-state index contributed by atoms with van der Waals surface area (Å²) in [6.45, 7) is 1.81. The van der Waals surface area contributed by atoms with E-state index < -0.39 is 6.03 Å². The molecule has 4 nitrogen and oxygen atoms in total. The molecular formula is C13H19Cl4N3O. The Balaban J connectivity index is 0.00000400. The first-order chi connectivity index (χ1) is 9.63. The number of halogens is 4. The molecular weight excluding hydrogens is 356 g/mol. The minimum Gasteiger partial charge on any atom is -0.369 e. The zero-order valence-electron chi connectivity index (χ0n) is 11.5. The third kappa shape index (κ3) is 6.39. The fourth-order valence-corrected chi connectivity index (χ4v) is 2.45. The Morgan fingerprint density at radius 2 is 1.33 bits per heavy atom. The zero-order chi connectivity index (χ0) is 15.0. The second kappa shape index (κ2) is 11.1. The summed E-state index contributed by atoms with van der Waals surface area (Å²) in [6.07, 6.45) is 0. The second-order valence-corrected chi connectivity index (χ2v) is 5.19. The molecule has 21 heavy (non-hydrogen) atoms. The monoisotopic (exact) mass is 373 g/mol. The van der Waals surface area contributed by atoms with Crippen LogP contribution in [0.15, 0.2) is 24.3 Å². The van der Waals surface area contributed by atoms with Crippen LogP contribution < -0.4 is 15.5 Å². The summed E-state index contributed by atoms with van der Waals surface area (Å²) in [6, 6.07) is 6.98. The minimum absolute atomic E-state index is 0. The van der Waals surface area contributed by atoms with Gasteiger partial charge in [0.2, 0.25) is 0 Å². The molecule has 2 N–H and O–H groups in total. The average molecular weight is 375 g/mol. The van der Waals surface area contributed by atoms with Gasteiger partial charge < -0.3 is 10.6 Å². The number of amides is 2. The number of carbonyl (C=O) groups is 1. The highest BCUT2D eigenvalue weighted by Gasteiger charge is 2.12. The number of alkyl halides is 3. The molecule has 1 aromatic carbocycles. The maximum Gasteiger partial charge on any atom is 0.319 e. The third-order valence-corrected chi connectivity index (χ3v) is 3.32. The molecule has 0 heterocycles. The molecule has 0 aliphatic rings. The SMILES string of the molecule is Cl.NC(=O)N(CCCl)c1ccc(N(CCCl)CCCl)cc1. The summed E-state index contributed by atoms with van der Waals surface area (Å²) < 4.78 is 0. The van der Waals surface area contributed by atoms with E-state index in [2.05, 4.69) is 4.90 Å². The van der Waals surface area contributed by atoms with E-state index in [4.69, 9.17) is 40.5 Å². The maximum atomic E-state index is 11.4. The lowest BCUT2D eigenvalue weighted by atomic mass is 10.2. The number of nitrogens with zero attached hydrogens (tertiary/aromatic N) is 2. The number of nitrogens with two attached hydrogens (primary N) is 1. The van der Waals surface area contributed by atoms with Crippen molar-refractivity contribution in [2.45, 2.75) is 0 Å². The van der Waals surface area contributed by atoms with Crippen LogP contribution in [-0.4, -0.2) is 43.3 Å². The molecule has 2 amide bonds. The summed E-state index contributed by atoms with van der Waals surface area (Å²) in [4.78, 5) is 14.9. The number of anilines is 2. The molecule has 0 unspecified atom stereocenters. The van der Waals surface area contributed by atoms with Gasteiger partial charge >= 0.3 is 6.03 Å². The standard InChI is InChI=1S/C13H18Cl3N3O.ClH/c14-5-8-18(9-6-15)11-1-3-12(4-2-11)19(10-7-16)13(17)20;/h1-4H,5-10H2,(H2,17,20);1H. The van der Waals surface area contributed by atoms with Crippen molar-refractivity contribution >= 4 is 64.6 Å². The minimum atomic E-state index is -0.517. The van der Waals surface area contributed by atoms with Gasteiger partial charge in [0.15, 0.2) is 0 Å². The molecule has 0 spiro atoms. The molecule has 0 atom stereocenters. The van der Waals surface area contributed by atoms with Gasteiger partial charge in [-0.2, -0.15) is 0 Å². The van der Waals surface area contributed by atoms with Gasteiger partial charge in [-0.3, -0.25) is 4.90 Å². The molecule has 1 aromatic rings. The molecule has 8 heteroatoms. The lowest BCUT2D eigenvalue weighted by molar-refractivity contribution is 0.254. The van der Waals surface area contributed by atoms with Gasteiger partial charge in [-0.05, 0) is 24.3 Å². The van der Waals surface area contributed by atoms with E-state index in [0.29, 0.717) is 24.2 Å². The Morgan fingerprint density at radius 3 is 1.71 bits per heavy atom. The number of hydrogen-bond acceptors (Lipinski definition) is 2. The Hall–Kier alpha value is -0.550. The van der Waals surface area contributed by atoms with E-state index in [1.54, 1.807) is 0 Å². The lowest BCUT2D eigenvalue weighted by Crippen LogP contribution is -2.37. The first-order valence-corrected chi connectivity index (χ1v) is 7.84. The smallest absolute Gasteiger partial charge is 0.319 e. The zero-order valence-corrected chi connectivity index (χ0v) is 14.6. The largest absolute Gasteiger partial charge is 0.369 e. The average Bonchev–Trinajstić information content (AvgIpc) is 2.44. The molecule has 0 aliphatic carbocycles. The van der Waals surface area contributed by atoms with E-state index in [1.807, 2.05) is 24.3 Å². The lowest BCUT2D eigenvalue weighted by Gasteiger charge is -2.24. The van der Waals surface area contributed by atoms with Crippen LogP contribution in [0.3, 0.4) is 0 Å². The molecule has 0 radical (unpaired) electrons. The Kier molecular flexibility index (Phi) is 10.8. The van der Waals surface area contributed by atoms with Crippen LogP contribution in [-0.2, 0) is 0 Å². The summed E-state index contributed by atoms with van der Waals surface area (Å²) in [5.74, 6) is 1.38. The van der Waals surface area contributed by atoms with Gasteiger partial charge in [-0.15, -0.1) is 47.2 Å². The van der Waals surface area contributed by atoms with Crippen molar-refractivity contribution in [3.05, 3.63) is 24.3 Å². The fraction of sp³-hybridized carbons (Fsp3) is 0.462. The van der Waals surface area contributed by atoms with Gasteiger partial charge in [0.1, 0.15) is 0 Å². The molecule has 0 saturated heterocycles. The highest BCUT2D eigenvalue weighted by atomic mass is 35.5. The normalized spacial score (nSPS) is 9.86. The number of urea groups is 1. The number of benzene rings is 1. The van der Waals surface area contributed by atoms with Crippen molar-refractivity contribution in [3.63, 3.8) is 0 Å². The number of primary amides is 1. The third-order valence-electron chi connectivity index (χ3n) is 2.81. The predicted octanol–water partition coefficient (Wildman–Crippen LogP) is 3.52. The van der Waals surface area contributed by atoms with Gasteiger partial charge in [-0.1, -0.05) is 0 Å². The molecule has 0 saturated carbocycles. The molecule has 0 aliphatic heterocycles. The van der Waals surface area contributed by atoms with Crippen LogP contribution in [0.4, 0.5) is 16.2 Å². The molecule has 0 aromatic heterocycles. The van der Waals surface area contributed by atoms with Crippen molar-refractivity contribution in [2.24, 2.45) is 5.73 Å². The number of carbonyl (C=O) groups excluding carboxylic acids is 1.